The molecule has 0 fully saturated rings. The Labute approximate surface area is 217 Å². The van der Waals surface area contributed by atoms with Crippen molar-refractivity contribution >= 4 is 19.4 Å². The molecule has 0 aliphatic rings. The Morgan fingerprint density at radius 3 is 2.05 bits per heavy atom. The Balaban J connectivity index is 1.62. The van der Waals surface area contributed by atoms with Crippen LogP contribution in [0.2, 0.25) is 0 Å². The van der Waals surface area contributed by atoms with Gasteiger partial charge >= 0.3 is 12.1 Å². The van der Waals surface area contributed by atoms with Crippen LogP contribution in [-0.2, 0) is 38.5 Å². The SMILES string of the molecule is COc1ccccc1CCP(=O)(O)C(CCC(=O)OCc1ccccc1)NC(=O)OCc1ccccc1. The Hall–Kier alpha value is -3.61. The van der Waals surface area contributed by atoms with Crippen LogP contribution in [0.4, 0.5) is 4.79 Å². The number of benzene rings is 3. The van der Waals surface area contributed by atoms with Crippen molar-refractivity contribution in [3.8, 4) is 5.75 Å². The van der Waals surface area contributed by atoms with E-state index < -0.39 is 25.2 Å². The van der Waals surface area contributed by atoms with Gasteiger partial charge in [-0.3, -0.25) is 9.36 Å². The smallest absolute Gasteiger partial charge is 0.408 e. The van der Waals surface area contributed by atoms with Crippen molar-refractivity contribution in [2.24, 2.45) is 0 Å². The average Bonchev–Trinajstić information content (AvgIpc) is 2.93. The molecule has 8 nitrogen and oxygen atoms in total. The second-order valence-electron chi connectivity index (χ2n) is 8.45. The van der Waals surface area contributed by atoms with Gasteiger partial charge in [0.05, 0.1) is 7.11 Å². The lowest BCUT2D eigenvalue weighted by molar-refractivity contribution is -0.145. The van der Waals surface area contributed by atoms with Crippen LogP contribution in [0.3, 0.4) is 0 Å². The number of methoxy groups -OCH3 is 1. The van der Waals surface area contributed by atoms with Gasteiger partial charge in [0.15, 0.2) is 0 Å². The van der Waals surface area contributed by atoms with E-state index in [9.17, 15) is 19.0 Å². The third kappa shape index (κ3) is 9.41. The minimum Gasteiger partial charge on any atom is -0.496 e. The second-order valence-corrected chi connectivity index (χ2v) is 11.0. The fourth-order valence-electron chi connectivity index (χ4n) is 3.69. The number of ether oxygens (including phenoxy) is 3. The van der Waals surface area contributed by atoms with Crippen molar-refractivity contribution in [2.75, 3.05) is 13.3 Å². The van der Waals surface area contributed by atoms with Crippen LogP contribution in [0.15, 0.2) is 84.9 Å². The topological polar surface area (TPSA) is 111 Å². The van der Waals surface area contributed by atoms with Crippen molar-refractivity contribution in [1.29, 1.82) is 0 Å². The molecule has 2 atom stereocenters. The van der Waals surface area contributed by atoms with Crippen molar-refractivity contribution in [3.05, 3.63) is 102 Å². The lowest BCUT2D eigenvalue weighted by atomic mass is 10.1. The maximum atomic E-state index is 13.4. The number of carbonyl (C=O) groups is 2. The number of alkyl carbamates (subject to hydrolysis) is 1. The molecule has 37 heavy (non-hydrogen) atoms. The fraction of sp³-hybridized carbons (Fsp3) is 0.286. The Kier molecular flexibility index (Phi) is 10.7. The molecular formula is C28H32NO7P. The summed E-state index contributed by atoms with van der Waals surface area (Å²) in [6, 6.07) is 25.5. The lowest BCUT2D eigenvalue weighted by Gasteiger charge is -2.24. The summed E-state index contributed by atoms with van der Waals surface area (Å²) >= 11 is 0. The number of para-hydroxylation sites is 1. The van der Waals surface area contributed by atoms with E-state index >= 15 is 0 Å². The molecule has 0 saturated carbocycles. The van der Waals surface area contributed by atoms with E-state index in [2.05, 4.69) is 5.32 Å². The van der Waals surface area contributed by atoms with Crippen LogP contribution in [0.25, 0.3) is 0 Å². The standard InChI is InChI=1S/C28H32NO7P/c1-34-25-15-9-8-14-24(25)18-19-37(32,33)26(29-28(31)36-21-23-12-6-3-7-13-23)16-17-27(30)35-20-22-10-4-2-5-11-22/h2-15,26H,16-21H2,1H3,(H,29,31)(H,32,33). The predicted octanol–water partition coefficient (Wildman–Crippen LogP) is 5.28. The summed E-state index contributed by atoms with van der Waals surface area (Å²) in [4.78, 5) is 35.8. The number of aryl methyl sites for hydroxylation is 1. The average molecular weight is 526 g/mol. The van der Waals surface area contributed by atoms with Gasteiger partial charge in [-0.05, 0) is 35.6 Å². The molecule has 0 heterocycles. The van der Waals surface area contributed by atoms with E-state index in [1.54, 1.807) is 18.2 Å². The first-order valence-electron chi connectivity index (χ1n) is 12.0. The Bertz CT molecular complexity index is 1190. The van der Waals surface area contributed by atoms with E-state index in [0.717, 1.165) is 16.7 Å². The van der Waals surface area contributed by atoms with Gasteiger partial charge in [-0.1, -0.05) is 78.9 Å². The molecule has 3 rings (SSSR count). The first-order valence-corrected chi connectivity index (χ1v) is 13.9. The van der Waals surface area contributed by atoms with Gasteiger partial charge in [-0.2, -0.15) is 0 Å². The minimum absolute atomic E-state index is 0.00938. The zero-order valence-corrected chi connectivity index (χ0v) is 21.6. The normalized spacial score (nSPS) is 13.1. The van der Waals surface area contributed by atoms with Crippen LogP contribution < -0.4 is 10.1 Å². The molecule has 3 aromatic carbocycles. The number of rotatable bonds is 13. The highest BCUT2D eigenvalue weighted by atomic mass is 31.2. The van der Waals surface area contributed by atoms with Crippen LogP contribution in [0, 0.1) is 0 Å². The number of hydrogen-bond acceptors (Lipinski definition) is 6. The van der Waals surface area contributed by atoms with Crippen molar-refractivity contribution in [3.63, 3.8) is 0 Å². The number of amides is 1. The zero-order valence-electron chi connectivity index (χ0n) is 20.7. The third-order valence-electron chi connectivity index (χ3n) is 5.74. The first kappa shape index (κ1) is 28.0. The number of esters is 1. The predicted molar refractivity (Wildman–Crippen MR) is 140 cm³/mol. The summed E-state index contributed by atoms with van der Waals surface area (Å²) in [5, 5.41) is 2.51. The summed E-state index contributed by atoms with van der Waals surface area (Å²) in [5.74, 6) is -1.11. The molecule has 3 aromatic rings. The molecule has 1 amide bonds. The largest absolute Gasteiger partial charge is 0.496 e. The van der Waals surface area contributed by atoms with Gasteiger partial charge in [0.25, 0.3) is 0 Å². The van der Waals surface area contributed by atoms with Crippen molar-refractivity contribution in [1.82, 2.24) is 5.32 Å². The first-order chi connectivity index (χ1) is 17.9. The summed E-state index contributed by atoms with van der Waals surface area (Å²) in [5.41, 5.74) is 2.38. The fourth-order valence-corrected chi connectivity index (χ4v) is 5.40. The van der Waals surface area contributed by atoms with Gasteiger partial charge in [0.1, 0.15) is 24.7 Å². The van der Waals surface area contributed by atoms with Crippen LogP contribution in [0.5, 0.6) is 5.75 Å². The van der Waals surface area contributed by atoms with E-state index in [4.69, 9.17) is 14.2 Å². The van der Waals surface area contributed by atoms with Crippen LogP contribution in [0.1, 0.15) is 29.5 Å². The van der Waals surface area contributed by atoms with E-state index in [0.29, 0.717) is 5.75 Å². The van der Waals surface area contributed by atoms with E-state index in [1.807, 2.05) is 66.7 Å². The second kappa shape index (κ2) is 14.2. The molecular weight excluding hydrogens is 493 g/mol. The number of carbonyl (C=O) groups excluding carboxylic acids is 2. The number of nitrogens with one attached hydrogen (secondary N) is 1. The van der Waals surface area contributed by atoms with Gasteiger partial charge in [-0.15, -0.1) is 0 Å². The maximum absolute atomic E-state index is 13.4. The van der Waals surface area contributed by atoms with E-state index in [1.165, 1.54) is 7.11 Å². The van der Waals surface area contributed by atoms with Crippen molar-refractivity contribution in [2.45, 2.75) is 38.3 Å². The summed E-state index contributed by atoms with van der Waals surface area (Å²) in [6.07, 6.45) is -0.912. The van der Waals surface area contributed by atoms with E-state index in [-0.39, 0.29) is 38.6 Å². The molecule has 0 aromatic heterocycles. The summed E-state index contributed by atoms with van der Waals surface area (Å²) < 4.78 is 29.2. The molecule has 9 heteroatoms. The minimum atomic E-state index is -3.96. The molecule has 2 unspecified atom stereocenters. The van der Waals surface area contributed by atoms with Gasteiger partial charge in [-0.25, -0.2) is 4.79 Å². The van der Waals surface area contributed by atoms with Crippen LogP contribution >= 0.6 is 7.37 Å². The number of hydrogen-bond donors (Lipinski definition) is 2. The molecule has 0 spiro atoms. The van der Waals surface area contributed by atoms with Gasteiger partial charge < -0.3 is 24.4 Å². The molecule has 0 saturated heterocycles. The molecule has 0 bridgehead atoms. The summed E-state index contributed by atoms with van der Waals surface area (Å²) in [6.45, 7) is 0.108. The molecule has 0 aliphatic heterocycles. The highest BCUT2D eigenvalue weighted by Gasteiger charge is 2.33. The molecule has 196 valence electrons. The molecule has 0 aliphatic carbocycles. The zero-order chi connectivity index (χ0) is 26.5. The molecule has 2 N–H and O–H groups in total. The maximum Gasteiger partial charge on any atom is 0.408 e. The van der Waals surface area contributed by atoms with Gasteiger partial charge in [0.2, 0.25) is 7.37 Å². The highest BCUT2D eigenvalue weighted by Crippen LogP contribution is 2.47. The lowest BCUT2D eigenvalue weighted by Crippen LogP contribution is -2.36. The summed E-state index contributed by atoms with van der Waals surface area (Å²) in [7, 11) is -2.42. The van der Waals surface area contributed by atoms with Crippen molar-refractivity contribution < 1.29 is 33.3 Å². The monoisotopic (exact) mass is 525 g/mol. The van der Waals surface area contributed by atoms with Gasteiger partial charge in [0, 0.05) is 12.6 Å². The van der Waals surface area contributed by atoms with Crippen LogP contribution in [-0.4, -0.2) is 36.0 Å². The molecule has 0 radical (unpaired) electrons. The quantitative estimate of drug-likeness (QED) is 0.231. The Morgan fingerprint density at radius 2 is 1.43 bits per heavy atom. The highest BCUT2D eigenvalue weighted by molar-refractivity contribution is 7.58. The third-order valence-corrected chi connectivity index (χ3v) is 7.97. The Morgan fingerprint density at radius 1 is 0.865 bits per heavy atom.